The number of benzene rings is 3. The molecule has 0 fully saturated rings. The third kappa shape index (κ3) is 3.63. The van der Waals surface area contributed by atoms with E-state index in [1.807, 2.05) is 42.5 Å². The zero-order valence-corrected chi connectivity index (χ0v) is 15.8. The van der Waals surface area contributed by atoms with Crippen molar-refractivity contribution in [2.75, 3.05) is 0 Å². The number of halogens is 1. The Hall–Kier alpha value is -2.65. The smallest absolute Gasteiger partial charge is 0.119 e. The third-order valence-corrected chi connectivity index (χ3v) is 4.99. The molecule has 1 aromatic heterocycles. The van der Waals surface area contributed by atoms with E-state index in [1.54, 1.807) is 0 Å². The monoisotopic (exact) mass is 403 g/mol. The predicted octanol–water partition coefficient (Wildman–Crippen LogP) is 6.38. The molecule has 0 bridgehead atoms. The van der Waals surface area contributed by atoms with Gasteiger partial charge in [0.05, 0.1) is 11.2 Å². The number of pyridine rings is 1. The normalized spacial score (nSPS) is 10.8. The van der Waals surface area contributed by atoms with E-state index in [2.05, 4.69) is 58.4 Å². The van der Waals surface area contributed by atoms with Crippen molar-refractivity contribution in [2.24, 2.45) is 0 Å². The van der Waals surface area contributed by atoms with Gasteiger partial charge in [0.2, 0.25) is 0 Å². The first-order chi connectivity index (χ1) is 12.8. The van der Waals surface area contributed by atoms with Crippen LogP contribution < -0.4 is 4.74 Å². The Morgan fingerprint density at radius 1 is 0.808 bits per heavy atom. The van der Waals surface area contributed by atoms with E-state index in [0.29, 0.717) is 6.61 Å². The van der Waals surface area contributed by atoms with Crippen LogP contribution in [0.4, 0.5) is 0 Å². The van der Waals surface area contributed by atoms with Gasteiger partial charge in [0.25, 0.3) is 0 Å². The van der Waals surface area contributed by atoms with Crippen LogP contribution in [0.25, 0.3) is 22.2 Å². The summed E-state index contributed by atoms with van der Waals surface area (Å²) in [6.07, 6.45) is 0. The Morgan fingerprint density at radius 3 is 2.31 bits per heavy atom. The maximum absolute atomic E-state index is 6.05. The molecule has 0 saturated heterocycles. The molecule has 2 nitrogen and oxygen atoms in total. The predicted molar refractivity (Wildman–Crippen MR) is 111 cm³/mol. The van der Waals surface area contributed by atoms with Gasteiger partial charge in [-0.05, 0) is 29.8 Å². The van der Waals surface area contributed by atoms with E-state index in [1.165, 1.54) is 5.56 Å². The summed E-state index contributed by atoms with van der Waals surface area (Å²) in [6.45, 7) is 0.510. The SMILES string of the molecule is BrCc1ccc(OCc2cc(-c3ccccc3)nc3ccccc23)cc1. The fourth-order valence-electron chi connectivity index (χ4n) is 2.96. The zero-order valence-electron chi connectivity index (χ0n) is 14.2. The first kappa shape index (κ1) is 16.8. The summed E-state index contributed by atoms with van der Waals surface area (Å²) in [5.41, 5.74) is 5.44. The molecule has 0 spiro atoms. The molecule has 128 valence electrons. The quantitative estimate of drug-likeness (QED) is 0.360. The average Bonchev–Trinajstić information content (AvgIpc) is 2.73. The molecular formula is C23H18BrNO. The van der Waals surface area contributed by atoms with Gasteiger partial charge in [0, 0.05) is 21.8 Å². The number of nitrogens with zero attached hydrogens (tertiary/aromatic N) is 1. The van der Waals surface area contributed by atoms with Crippen molar-refractivity contribution >= 4 is 26.8 Å². The molecule has 0 aliphatic rings. The highest BCUT2D eigenvalue weighted by molar-refractivity contribution is 9.08. The van der Waals surface area contributed by atoms with Crippen molar-refractivity contribution < 1.29 is 4.74 Å². The molecule has 0 aliphatic heterocycles. The van der Waals surface area contributed by atoms with Crippen molar-refractivity contribution in [1.82, 2.24) is 4.98 Å². The summed E-state index contributed by atoms with van der Waals surface area (Å²) in [5, 5.41) is 1.98. The number of ether oxygens (including phenoxy) is 1. The molecule has 0 atom stereocenters. The van der Waals surface area contributed by atoms with Crippen molar-refractivity contribution in [3.05, 3.63) is 96.1 Å². The first-order valence-electron chi connectivity index (χ1n) is 8.55. The minimum Gasteiger partial charge on any atom is -0.489 e. The van der Waals surface area contributed by atoms with Crippen molar-refractivity contribution in [2.45, 2.75) is 11.9 Å². The zero-order chi connectivity index (χ0) is 17.8. The van der Waals surface area contributed by atoms with Crippen molar-refractivity contribution in [3.63, 3.8) is 0 Å². The van der Waals surface area contributed by atoms with Crippen molar-refractivity contribution in [3.8, 4) is 17.0 Å². The van der Waals surface area contributed by atoms with Gasteiger partial charge in [0.15, 0.2) is 0 Å². The molecule has 0 N–H and O–H groups in total. The summed E-state index contributed by atoms with van der Waals surface area (Å²) < 4.78 is 6.05. The number of para-hydroxylation sites is 1. The van der Waals surface area contributed by atoms with Crippen LogP contribution in [0.1, 0.15) is 11.1 Å². The van der Waals surface area contributed by atoms with Crippen molar-refractivity contribution in [1.29, 1.82) is 0 Å². The molecular weight excluding hydrogens is 386 g/mol. The Balaban J connectivity index is 1.68. The maximum atomic E-state index is 6.05. The number of fused-ring (bicyclic) bond motifs is 1. The van der Waals surface area contributed by atoms with E-state index in [4.69, 9.17) is 9.72 Å². The summed E-state index contributed by atoms with van der Waals surface area (Å²) in [4.78, 5) is 4.82. The lowest BCUT2D eigenvalue weighted by Crippen LogP contribution is -1.99. The standard InChI is InChI=1S/C23H18BrNO/c24-15-17-10-12-20(13-11-17)26-16-19-14-23(18-6-2-1-3-7-18)25-22-9-5-4-8-21(19)22/h1-14H,15-16H2. The van der Waals surface area contributed by atoms with E-state index in [-0.39, 0.29) is 0 Å². The molecule has 4 aromatic rings. The van der Waals surface area contributed by atoms with Gasteiger partial charge in [-0.1, -0.05) is 76.6 Å². The third-order valence-electron chi connectivity index (χ3n) is 4.34. The molecule has 0 amide bonds. The van der Waals surface area contributed by atoms with E-state index < -0.39 is 0 Å². The Morgan fingerprint density at radius 2 is 1.54 bits per heavy atom. The largest absolute Gasteiger partial charge is 0.489 e. The fourth-order valence-corrected chi connectivity index (χ4v) is 3.33. The summed E-state index contributed by atoms with van der Waals surface area (Å²) >= 11 is 3.47. The summed E-state index contributed by atoms with van der Waals surface area (Å²) in [7, 11) is 0. The minimum atomic E-state index is 0.510. The van der Waals surface area contributed by atoms with Gasteiger partial charge in [0.1, 0.15) is 12.4 Å². The Kier molecular flexibility index (Phi) is 4.98. The number of rotatable bonds is 5. The first-order valence-corrected chi connectivity index (χ1v) is 9.67. The molecule has 0 saturated carbocycles. The highest BCUT2D eigenvalue weighted by atomic mass is 79.9. The van der Waals surface area contributed by atoms with Gasteiger partial charge >= 0.3 is 0 Å². The van der Waals surface area contributed by atoms with Crippen LogP contribution in [0.5, 0.6) is 5.75 Å². The van der Waals surface area contributed by atoms with Gasteiger partial charge in [-0.15, -0.1) is 0 Å². The van der Waals surface area contributed by atoms with Gasteiger partial charge in [-0.25, -0.2) is 4.98 Å². The topological polar surface area (TPSA) is 22.1 Å². The van der Waals surface area contributed by atoms with Crippen LogP contribution in [0.3, 0.4) is 0 Å². The van der Waals surface area contributed by atoms with Gasteiger partial charge < -0.3 is 4.74 Å². The van der Waals surface area contributed by atoms with Crippen LogP contribution in [0.2, 0.25) is 0 Å². The molecule has 0 radical (unpaired) electrons. The number of aromatic nitrogens is 1. The number of hydrogen-bond donors (Lipinski definition) is 0. The molecule has 0 aliphatic carbocycles. The molecule has 4 rings (SSSR count). The highest BCUT2D eigenvalue weighted by Crippen LogP contribution is 2.26. The van der Waals surface area contributed by atoms with E-state index in [9.17, 15) is 0 Å². The molecule has 3 aromatic carbocycles. The number of alkyl halides is 1. The lowest BCUT2D eigenvalue weighted by Gasteiger charge is -2.12. The average molecular weight is 404 g/mol. The van der Waals surface area contributed by atoms with E-state index >= 15 is 0 Å². The highest BCUT2D eigenvalue weighted by Gasteiger charge is 2.08. The van der Waals surface area contributed by atoms with Crippen LogP contribution in [0, 0.1) is 0 Å². The van der Waals surface area contributed by atoms with Crippen LogP contribution in [-0.4, -0.2) is 4.98 Å². The molecule has 26 heavy (non-hydrogen) atoms. The second kappa shape index (κ2) is 7.71. The second-order valence-electron chi connectivity index (χ2n) is 6.12. The lowest BCUT2D eigenvalue weighted by molar-refractivity contribution is 0.307. The number of hydrogen-bond acceptors (Lipinski definition) is 2. The Bertz CT molecular complexity index is 1010. The maximum Gasteiger partial charge on any atom is 0.119 e. The van der Waals surface area contributed by atoms with Crippen LogP contribution in [-0.2, 0) is 11.9 Å². The fraction of sp³-hybridized carbons (Fsp3) is 0.0870. The van der Waals surface area contributed by atoms with Gasteiger partial charge in [-0.3, -0.25) is 0 Å². The molecule has 3 heteroatoms. The molecule has 1 heterocycles. The van der Waals surface area contributed by atoms with Crippen LogP contribution >= 0.6 is 15.9 Å². The van der Waals surface area contributed by atoms with Crippen LogP contribution in [0.15, 0.2) is 84.9 Å². The lowest BCUT2D eigenvalue weighted by atomic mass is 10.0. The van der Waals surface area contributed by atoms with Gasteiger partial charge in [-0.2, -0.15) is 0 Å². The minimum absolute atomic E-state index is 0.510. The summed E-state index contributed by atoms with van der Waals surface area (Å²) in [6, 6.07) is 28.8. The Labute approximate surface area is 161 Å². The second-order valence-corrected chi connectivity index (χ2v) is 6.68. The van der Waals surface area contributed by atoms with E-state index in [0.717, 1.165) is 38.8 Å². The summed E-state index contributed by atoms with van der Waals surface area (Å²) in [5.74, 6) is 0.872. The molecule has 0 unspecified atom stereocenters.